The predicted octanol–water partition coefficient (Wildman–Crippen LogP) is 7.22. The van der Waals surface area contributed by atoms with Crippen molar-refractivity contribution in [2.75, 3.05) is 12.4 Å². The number of methoxy groups -OCH3 is 1. The number of benzene rings is 2. The summed E-state index contributed by atoms with van der Waals surface area (Å²) in [7, 11) is 1.58. The molecule has 3 unspecified atom stereocenters. The summed E-state index contributed by atoms with van der Waals surface area (Å²) in [5.74, 6) is 0.0720. The van der Waals surface area contributed by atoms with E-state index in [1.54, 1.807) is 63.1 Å². The molecule has 0 aromatic heterocycles. The second-order valence-corrected chi connectivity index (χ2v) is 12.4. The van der Waals surface area contributed by atoms with Gasteiger partial charge in [0.15, 0.2) is 0 Å². The quantitative estimate of drug-likeness (QED) is 0.261. The lowest BCUT2D eigenvalue weighted by molar-refractivity contribution is -0.144. The molecule has 0 aliphatic rings. The maximum Gasteiger partial charge on any atom is 0.408 e. The van der Waals surface area contributed by atoms with Crippen LogP contribution in [0.1, 0.15) is 85.4 Å². The third kappa shape index (κ3) is 10.2. The zero-order chi connectivity index (χ0) is 31.6. The van der Waals surface area contributed by atoms with Crippen LogP contribution < -0.4 is 15.4 Å². The average Bonchev–Trinajstić information content (AvgIpc) is 2.92. The van der Waals surface area contributed by atoms with Crippen LogP contribution in [-0.4, -0.2) is 47.6 Å². The van der Waals surface area contributed by atoms with Crippen LogP contribution in [-0.2, 0) is 14.3 Å². The number of nitrogens with zero attached hydrogens (tertiary/aromatic N) is 1. The van der Waals surface area contributed by atoms with Crippen molar-refractivity contribution in [2.24, 2.45) is 11.8 Å². The monoisotopic (exact) mass is 579 g/mol. The molecule has 0 heterocycles. The van der Waals surface area contributed by atoms with Gasteiger partial charge in [-0.1, -0.05) is 58.5 Å². The fourth-order valence-electron chi connectivity index (χ4n) is 4.60. The first-order valence-electron chi connectivity index (χ1n) is 14.7. The maximum absolute atomic E-state index is 14.5. The molecule has 8 nitrogen and oxygen atoms in total. The molecule has 2 aromatic rings. The van der Waals surface area contributed by atoms with E-state index in [4.69, 9.17) is 9.47 Å². The molecule has 0 fully saturated rings. The first-order chi connectivity index (χ1) is 19.7. The Balaban J connectivity index is 2.64. The number of rotatable bonds is 13. The molecule has 42 heavy (non-hydrogen) atoms. The van der Waals surface area contributed by atoms with Crippen LogP contribution in [0.3, 0.4) is 0 Å². The number of nitrogens with one attached hydrogen (secondary N) is 2. The Kier molecular flexibility index (Phi) is 12.6. The minimum atomic E-state index is -0.983. The van der Waals surface area contributed by atoms with Crippen molar-refractivity contribution in [3.63, 3.8) is 0 Å². The van der Waals surface area contributed by atoms with Crippen molar-refractivity contribution in [3.8, 4) is 5.75 Å². The standard InChI is InChI=1S/C34H49N3O5/c1-11-25-13-12-14-26(21-25)30(31(38)35-27-17-19-28(41-10)20-18-27)37(24(6)16-15-22(2)3)32(39)29(23(4)5)36-33(40)42-34(7,8)9/h11-14,17-24,29-30H,1,15-16H2,2-10H3,(H,35,38)(H,36,40). The number of carbonyl (C=O) groups is 3. The third-order valence-electron chi connectivity index (χ3n) is 6.84. The van der Waals surface area contributed by atoms with Crippen LogP contribution in [0, 0.1) is 11.8 Å². The van der Waals surface area contributed by atoms with E-state index < -0.39 is 23.8 Å². The molecular formula is C34H49N3O5. The second-order valence-electron chi connectivity index (χ2n) is 12.4. The van der Waals surface area contributed by atoms with Gasteiger partial charge in [-0.05, 0) is 93.8 Å². The SMILES string of the molecule is C=Cc1cccc(C(C(=O)Nc2ccc(OC)cc2)N(C(=O)C(NC(=O)OC(C)(C)C)C(C)C)C(C)CCC(C)C)c1. The molecule has 0 saturated heterocycles. The van der Waals surface area contributed by atoms with Crippen LogP contribution in [0.2, 0.25) is 0 Å². The fourth-order valence-corrected chi connectivity index (χ4v) is 4.60. The molecule has 3 atom stereocenters. The van der Waals surface area contributed by atoms with Crippen LogP contribution in [0.25, 0.3) is 6.08 Å². The number of hydrogen-bond donors (Lipinski definition) is 2. The lowest BCUT2D eigenvalue weighted by atomic mass is 9.94. The van der Waals surface area contributed by atoms with Gasteiger partial charge in [-0.2, -0.15) is 0 Å². The normalized spacial score (nSPS) is 13.6. The van der Waals surface area contributed by atoms with Gasteiger partial charge in [0.1, 0.15) is 23.4 Å². The summed E-state index contributed by atoms with van der Waals surface area (Å²) in [6.45, 7) is 19.1. The third-order valence-corrected chi connectivity index (χ3v) is 6.84. The minimum Gasteiger partial charge on any atom is -0.497 e. The van der Waals surface area contributed by atoms with E-state index >= 15 is 0 Å². The van der Waals surface area contributed by atoms with Gasteiger partial charge in [0.2, 0.25) is 5.91 Å². The summed E-state index contributed by atoms with van der Waals surface area (Å²) in [6.07, 6.45) is 2.55. The van der Waals surface area contributed by atoms with Crippen molar-refractivity contribution < 1.29 is 23.9 Å². The van der Waals surface area contributed by atoms with E-state index in [2.05, 4.69) is 31.1 Å². The van der Waals surface area contributed by atoms with Crippen molar-refractivity contribution in [1.29, 1.82) is 0 Å². The molecule has 2 aromatic carbocycles. The van der Waals surface area contributed by atoms with Crippen LogP contribution in [0.15, 0.2) is 55.1 Å². The van der Waals surface area contributed by atoms with Crippen LogP contribution in [0.4, 0.5) is 10.5 Å². The van der Waals surface area contributed by atoms with Gasteiger partial charge in [0.05, 0.1) is 7.11 Å². The fraction of sp³-hybridized carbons (Fsp3) is 0.500. The average molecular weight is 580 g/mol. The van der Waals surface area contributed by atoms with Gasteiger partial charge >= 0.3 is 6.09 Å². The molecule has 0 saturated carbocycles. The number of amides is 3. The summed E-state index contributed by atoms with van der Waals surface area (Å²) in [5, 5.41) is 5.79. The molecule has 230 valence electrons. The highest BCUT2D eigenvalue weighted by atomic mass is 16.6. The molecule has 0 bridgehead atoms. The lowest BCUT2D eigenvalue weighted by Crippen LogP contribution is -2.56. The Morgan fingerprint density at radius 2 is 1.62 bits per heavy atom. The van der Waals surface area contributed by atoms with Crippen LogP contribution in [0.5, 0.6) is 5.75 Å². The minimum absolute atomic E-state index is 0.269. The van der Waals surface area contributed by atoms with Crippen molar-refractivity contribution >= 4 is 29.7 Å². The highest BCUT2D eigenvalue weighted by molar-refractivity contribution is 5.99. The predicted molar refractivity (Wildman–Crippen MR) is 169 cm³/mol. The summed E-state index contributed by atoms with van der Waals surface area (Å²) in [5.41, 5.74) is 1.30. The van der Waals surface area contributed by atoms with Crippen LogP contribution >= 0.6 is 0 Å². The van der Waals surface area contributed by atoms with E-state index in [0.29, 0.717) is 29.3 Å². The van der Waals surface area contributed by atoms with Gasteiger partial charge in [-0.15, -0.1) is 0 Å². The molecule has 2 N–H and O–H groups in total. The Morgan fingerprint density at radius 3 is 2.14 bits per heavy atom. The molecule has 3 amide bonds. The van der Waals surface area contributed by atoms with E-state index in [1.807, 2.05) is 45.0 Å². The molecule has 0 spiro atoms. The van der Waals surface area contributed by atoms with E-state index in [0.717, 1.165) is 12.0 Å². The summed E-state index contributed by atoms with van der Waals surface area (Å²) in [6, 6.07) is 12.3. The molecular weight excluding hydrogens is 530 g/mol. The highest BCUT2D eigenvalue weighted by Crippen LogP contribution is 2.30. The van der Waals surface area contributed by atoms with Gasteiger partial charge in [-0.25, -0.2) is 4.79 Å². The largest absolute Gasteiger partial charge is 0.497 e. The van der Waals surface area contributed by atoms with Gasteiger partial charge < -0.3 is 25.0 Å². The smallest absolute Gasteiger partial charge is 0.408 e. The van der Waals surface area contributed by atoms with E-state index in [1.165, 1.54) is 0 Å². The number of alkyl carbamates (subject to hydrolysis) is 1. The Hall–Kier alpha value is -3.81. The topological polar surface area (TPSA) is 97.0 Å². The molecule has 0 radical (unpaired) electrons. The van der Waals surface area contributed by atoms with E-state index in [-0.39, 0.29) is 23.8 Å². The highest BCUT2D eigenvalue weighted by Gasteiger charge is 2.40. The summed E-state index contributed by atoms with van der Waals surface area (Å²) in [4.78, 5) is 43.2. The molecule has 2 rings (SSSR count). The van der Waals surface area contributed by atoms with Gasteiger partial charge in [0.25, 0.3) is 5.91 Å². The van der Waals surface area contributed by atoms with Gasteiger partial charge in [-0.3, -0.25) is 9.59 Å². The lowest BCUT2D eigenvalue weighted by Gasteiger charge is -2.39. The Bertz CT molecular complexity index is 1200. The van der Waals surface area contributed by atoms with Gasteiger partial charge in [0, 0.05) is 11.7 Å². The number of hydrogen-bond acceptors (Lipinski definition) is 5. The van der Waals surface area contributed by atoms with Crippen molar-refractivity contribution in [1.82, 2.24) is 10.2 Å². The summed E-state index contributed by atoms with van der Waals surface area (Å²) >= 11 is 0. The van der Waals surface area contributed by atoms with E-state index in [9.17, 15) is 14.4 Å². The molecule has 8 heteroatoms. The molecule has 0 aliphatic carbocycles. The van der Waals surface area contributed by atoms with Crippen molar-refractivity contribution in [2.45, 2.75) is 92.0 Å². The summed E-state index contributed by atoms with van der Waals surface area (Å²) < 4.78 is 10.7. The second kappa shape index (κ2) is 15.4. The number of ether oxygens (including phenoxy) is 2. The zero-order valence-electron chi connectivity index (χ0n) is 26.7. The zero-order valence-corrected chi connectivity index (χ0v) is 26.7. The molecule has 0 aliphatic heterocycles. The van der Waals surface area contributed by atoms with Crippen molar-refractivity contribution in [3.05, 3.63) is 66.2 Å². The first kappa shape index (κ1) is 34.4. The number of carbonyl (C=O) groups excluding carboxylic acids is 3. The Morgan fingerprint density at radius 1 is 0.976 bits per heavy atom. The number of anilines is 1. The first-order valence-corrected chi connectivity index (χ1v) is 14.7. The maximum atomic E-state index is 14.5. The Labute approximate surface area is 251 Å².